The number of benzene rings is 1. The molecule has 104 valence electrons. The first-order valence-corrected chi connectivity index (χ1v) is 6.53. The number of nitrogens with one attached hydrogen (secondary N) is 2. The monoisotopic (exact) mass is 272 g/mol. The van der Waals surface area contributed by atoms with Crippen molar-refractivity contribution in [1.82, 2.24) is 5.32 Å². The summed E-state index contributed by atoms with van der Waals surface area (Å²) in [4.78, 5) is 11.3. The molecule has 0 bridgehead atoms. The van der Waals surface area contributed by atoms with Crippen LogP contribution in [-0.4, -0.2) is 12.5 Å². The minimum atomic E-state index is -0.117. The predicted molar refractivity (Wildman–Crippen MR) is 74.5 cm³/mol. The highest BCUT2D eigenvalue weighted by molar-refractivity contribution is 5.95. The van der Waals surface area contributed by atoms with Gasteiger partial charge in [-0.1, -0.05) is 6.07 Å². The summed E-state index contributed by atoms with van der Waals surface area (Å²) >= 11 is 0. The predicted octanol–water partition coefficient (Wildman–Crippen LogP) is 2.46. The summed E-state index contributed by atoms with van der Waals surface area (Å²) in [5.41, 5.74) is 2.93. The fourth-order valence-electron chi connectivity index (χ4n) is 2.15. The summed E-state index contributed by atoms with van der Waals surface area (Å²) in [7, 11) is 0. The van der Waals surface area contributed by atoms with Crippen LogP contribution in [0.15, 0.2) is 41.2 Å². The molecule has 5 nitrogen and oxygen atoms in total. The van der Waals surface area contributed by atoms with Crippen LogP contribution in [0.3, 0.4) is 0 Å². The van der Waals surface area contributed by atoms with Gasteiger partial charge in [-0.15, -0.1) is 0 Å². The van der Waals surface area contributed by atoms with Crippen LogP contribution >= 0.6 is 0 Å². The zero-order valence-corrected chi connectivity index (χ0v) is 11.2. The second-order valence-corrected chi connectivity index (χ2v) is 4.83. The van der Waals surface area contributed by atoms with E-state index in [0.717, 1.165) is 29.1 Å². The lowest BCUT2D eigenvalue weighted by molar-refractivity contribution is -0.118. The van der Waals surface area contributed by atoms with Crippen LogP contribution in [0.25, 0.3) is 0 Å². The SMILES string of the molecule is CC(NCc1ccoc1)c1ccc2c(c1)NC(=O)CO2. The lowest BCUT2D eigenvalue weighted by Gasteiger charge is -2.20. The van der Waals surface area contributed by atoms with Gasteiger partial charge in [-0.3, -0.25) is 4.79 Å². The Labute approximate surface area is 116 Å². The highest BCUT2D eigenvalue weighted by Gasteiger charge is 2.17. The van der Waals surface area contributed by atoms with E-state index in [1.807, 2.05) is 24.3 Å². The van der Waals surface area contributed by atoms with Crippen LogP contribution in [0.5, 0.6) is 5.75 Å². The van der Waals surface area contributed by atoms with Crippen molar-refractivity contribution >= 4 is 11.6 Å². The molecule has 1 amide bonds. The Hall–Kier alpha value is -2.27. The minimum absolute atomic E-state index is 0.0840. The van der Waals surface area contributed by atoms with E-state index in [4.69, 9.17) is 9.15 Å². The largest absolute Gasteiger partial charge is 0.482 e. The third-order valence-corrected chi connectivity index (χ3v) is 3.33. The molecule has 1 atom stereocenters. The number of fused-ring (bicyclic) bond motifs is 1. The van der Waals surface area contributed by atoms with Crippen LogP contribution in [-0.2, 0) is 11.3 Å². The number of carbonyl (C=O) groups excluding carboxylic acids is 1. The van der Waals surface area contributed by atoms with Crippen molar-refractivity contribution in [2.24, 2.45) is 0 Å². The van der Waals surface area contributed by atoms with Gasteiger partial charge in [0, 0.05) is 18.2 Å². The number of carbonyl (C=O) groups is 1. The number of hydrogen-bond donors (Lipinski definition) is 2. The van der Waals surface area contributed by atoms with E-state index in [-0.39, 0.29) is 18.6 Å². The van der Waals surface area contributed by atoms with Gasteiger partial charge in [0.05, 0.1) is 18.2 Å². The van der Waals surface area contributed by atoms with Crippen molar-refractivity contribution in [3.8, 4) is 5.75 Å². The van der Waals surface area contributed by atoms with E-state index in [1.54, 1.807) is 12.5 Å². The zero-order chi connectivity index (χ0) is 13.9. The molecule has 3 rings (SSSR count). The van der Waals surface area contributed by atoms with Crippen molar-refractivity contribution in [2.75, 3.05) is 11.9 Å². The Bertz CT molecular complexity index is 608. The number of ether oxygens (including phenoxy) is 1. The maximum Gasteiger partial charge on any atom is 0.262 e. The van der Waals surface area contributed by atoms with Gasteiger partial charge in [-0.25, -0.2) is 0 Å². The summed E-state index contributed by atoms with van der Waals surface area (Å²) in [6.45, 7) is 2.89. The molecular weight excluding hydrogens is 256 g/mol. The molecule has 0 fully saturated rings. The highest BCUT2D eigenvalue weighted by Crippen LogP contribution is 2.30. The summed E-state index contributed by atoms with van der Waals surface area (Å²) in [6.07, 6.45) is 3.38. The first kappa shape index (κ1) is 12.7. The number of anilines is 1. The normalized spacial score (nSPS) is 15.2. The van der Waals surface area contributed by atoms with Crippen LogP contribution in [0.2, 0.25) is 0 Å². The molecule has 1 aromatic carbocycles. The van der Waals surface area contributed by atoms with E-state index in [9.17, 15) is 4.79 Å². The molecule has 0 radical (unpaired) electrons. The van der Waals surface area contributed by atoms with Crippen molar-refractivity contribution in [3.05, 3.63) is 47.9 Å². The fraction of sp³-hybridized carbons (Fsp3) is 0.267. The van der Waals surface area contributed by atoms with Gasteiger partial charge >= 0.3 is 0 Å². The third kappa shape index (κ3) is 2.67. The Kier molecular flexibility index (Phi) is 3.43. The van der Waals surface area contributed by atoms with Gasteiger partial charge in [0.15, 0.2) is 6.61 Å². The van der Waals surface area contributed by atoms with Crippen molar-refractivity contribution in [1.29, 1.82) is 0 Å². The standard InChI is InChI=1S/C15H16N2O3/c1-10(16-7-11-4-5-19-8-11)12-2-3-14-13(6-12)17-15(18)9-20-14/h2-6,8,10,16H,7,9H2,1H3,(H,17,18). The molecule has 2 aromatic rings. The van der Waals surface area contributed by atoms with Crippen molar-refractivity contribution < 1.29 is 13.9 Å². The van der Waals surface area contributed by atoms with Crippen LogP contribution in [0.1, 0.15) is 24.1 Å². The minimum Gasteiger partial charge on any atom is -0.482 e. The molecule has 2 heterocycles. The fourth-order valence-corrected chi connectivity index (χ4v) is 2.15. The molecule has 0 saturated heterocycles. The molecule has 1 aliphatic rings. The molecule has 2 N–H and O–H groups in total. The Balaban J connectivity index is 1.70. The van der Waals surface area contributed by atoms with Crippen LogP contribution in [0, 0.1) is 0 Å². The van der Waals surface area contributed by atoms with Crippen molar-refractivity contribution in [3.63, 3.8) is 0 Å². The van der Waals surface area contributed by atoms with Gasteiger partial charge < -0.3 is 19.8 Å². The van der Waals surface area contributed by atoms with Gasteiger partial charge in [0.25, 0.3) is 5.91 Å². The second-order valence-electron chi connectivity index (χ2n) is 4.83. The molecule has 1 unspecified atom stereocenters. The summed E-state index contributed by atoms with van der Waals surface area (Å²) < 4.78 is 10.4. The Morgan fingerprint density at radius 3 is 3.10 bits per heavy atom. The Morgan fingerprint density at radius 2 is 2.30 bits per heavy atom. The Morgan fingerprint density at radius 1 is 1.40 bits per heavy atom. The van der Waals surface area contributed by atoms with E-state index < -0.39 is 0 Å². The second kappa shape index (κ2) is 5.38. The molecular formula is C15H16N2O3. The van der Waals surface area contributed by atoms with Crippen LogP contribution in [0.4, 0.5) is 5.69 Å². The van der Waals surface area contributed by atoms with E-state index >= 15 is 0 Å². The quantitative estimate of drug-likeness (QED) is 0.897. The average Bonchev–Trinajstić information content (AvgIpc) is 2.97. The first-order valence-electron chi connectivity index (χ1n) is 6.53. The molecule has 0 spiro atoms. The molecule has 1 aliphatic heterocycles. The number of hydrogen-bond acceptors (Lipinski definition) is 4. The topological polar surface area (TPSA) is 63.5 Å². The van der Waals surface area contributed by atoms with E-state index in [2.05, 4.69) is 17.6 Å². The average molecular weight is 272 g/mol. The lowest BCUT2D eigenvalue weighted by atomic mass is 10.1. The molecule has 0 saturated carbocycles. The summed E-state index contributed by atoms with van der Waals surface area (Å²) in [6, 6.07) is 7.93. The van der Waals surface area contributed by atoms with Gasteiger partial charge in [-0.05, 0) is 30.7 Å². The molecule has 20 heavy (non-hydrogen) atoms. The molecule has 1 aromatic heterocycles. The maximum absolute atomic E-state index is 11.3. The van der Waals surface area contributed by atoms with E-state index in [0.29, 0.717) is 0 Å². The van der Waals surface area contributed by atoms with Crippen molar-refractivity contribution in [2.45, 2.75) is 19.5 Å². The first-order chi connectivity index (χ1) is 9.72. The number of rotatable bonds is 4. The maximum atomic E-state index is 11.3. The molecule has 5 heteroatoms. The summed E-state index contributed by atoms with van der Waals surface area (Å²) in [5, 5.41) is 6.22. The molecule has 0 aliphatic carbocycles. The van der Waals surface area contributed by atoms with Gasteiger partial charge in [0.2, 0.25) is 0 Å². The van der Waals surface area contributed by atoms with Gasteiger partial charge in [0.1, 0.15) is 5.75 Å². The highest BCUT2D eigenvalue weighted by atomic mass is 16.5. The lowest BCUT2D eigenvalue weighted by Crippen LogP contribution is -2.26. The summed E-state index contributed by atoms with van der Waals surface area (Å²) in [5.74, 6) is 0.601. The zero-order valence-electron chi connectivity index (χ0n) is 11.2. The smallest absolute Gasteiger partial charge is 0.262 e. The number of furan rings is 1. The van der Waals surface area contributed by atoms with Crippen LogP contribution < -0.4 is 15.4 Å². The number of amides is 1. The van der Waals surface area contributed by atoms with E-state index in [1.165, 1.54) is 0 Å². The third-order valence-electron chi connectivity index (χ3n) is 3.33. The van der Waals surface area contributed by atoms with Gasteiger partial charge in [-0.2, -0.15) is 0 Å².